The van der Waals surface area contributed by atoms with Crippen LogP contribution in [0.3, 0.4) is 0 Å². The van der Waals surface area contributed by atoms with Gasteiger partial charge in [0, 0.05) is 6.04 Å². The van der Waals surface area contributed by atoms with Gasteiger partial charge in [-0.1, -0.05) is 46.0 Å². The van der Waals surface area contributed by atoms with E-state index in [2.05, 4.69) is 13.8 Å². The molecule has 3 heteroatoms. The van der Waals surface area contributed by atoms with E-state index in [1.54, 1.807) is 0 Å². The number of cyclic esters (lactones) is 1. The molecule has 0 amide bonds. The Labute approximate surface area is 110 Å². The van der Waals surface area contributed by atoms with Crippen LogP contribution in [0.15, 0.2) is 0 Å². The molecule has 3 nitrogen and oxygen atoms in total. The second kappa shape index (κ2) is 6.05. The van der Waals surface area contributed by atoms with E-state index in [-0.39, 0.29) is 24.0 Å². The number of rotatable bonds is 4. The number of carbonyl (C=O) groups excluding carboxylic acids is 1. The summed E-state index contributed by atoms with van der Waals surface area (Å²) in [6.07, 6.45) is 8.50. The SMILES string of the molecule is CC(C)[C@H]1C[C@@H]([C@@H](N)CC2CCCCC2)OC1=O. The molecule has 2 N–H and O–H groups in total. The van der Waals surface area contributed by atoms with Gasteiger partial charge in [0.2, 0.25) is 0 Å². The Kier molecular flexibility index (Phi) is 4.66. The molecule has 1 aliphatic heterocycles. The lowest BCUT2D eigenvalue weighted by molar-refractivity contribution is -0.146. The van der Waals surface area contributed by atoms with Gasteiger partial charge in [-0.3, -0.25) is 4.79 Å². The number of hydrogen-bond acceptors (Lipinski definition) is 3. The summed E-state index contributed by atoms with van der Waals surface area (Å²) in [6, 6.07) is 0.0424. The predicted molar refractivity (Wildman–Crippen MR) is 72.0 cm³/mol. The Morgan fingerprint density at radius 3 is 2.50 bits per heavy atom. The van der Waals surface area contributed by atoms with Crippen molar-refractivity contribution in [1.29, 1.82) is 0 Å². The minimum Gasteiger partial charge on any atom is -0.460 e. The van der Waals surface area contributed by atoms with Gasteiger partial charge in [-0.05, 0) is 24.7 Å². The molecule has 0 aromatic carbocycles. The summed E-state index contributed by atoms with van der Waals surface area (Å²) in [7, 11) is 0. The lowest BCUT2D eigenvalue weighted by Crippen LogP contribution is -2.36. The van der Waals surface area contributed by atoms with Gasteiger partial charge in [-0.2, -0.15) is 0 Å². The Morgan fingerprint density at radius 2 is 1.94 bits per heavy atom. The van der Waals surface area contributed by atoms with E-state index in [1.165, 1.54) is 32.1 Å². The second-order valence-corrected chi connectivity index (χ2v) is 6.47. The van der Waals surface area contributed by atoms with E-state index in [0.29, 0.717) is 5.92 Å². The highest BCUT2D eigenvalue weighted by molar-refractivity contribution is 5.75. The molecule has 1 heterocycles. The predicted octanol–water partition coefficient (Wildman–Crippen LogP) is 2.87. The molecule has 0 aromatic rings. The zero-order valence-electron chi connectivity index (χ0n) is 11.7. The molecular weight excluding hydrogens is 226 g/mol. The Hall–Kier alpha value is -0.570. The standard InChI is InChI=1S/C15H27NO2/c1-10(2)12-9-14(18-15(12)17)13(16)8-11-6-4-3-5-7-11/h10-14H,3-9,16H2,1-2H3/t12-,13+,14+/m1/s1. The van der Waals surface area contributed by atoms with Gasteiger partial charge in [0.15, 0.2) is 0 Å². The first-order chi connectivity index (χ1) is 8.58. The summed E-state index contributed by atoms with van der Waals surface area (Å²) in [6.45, 7) is 4.17. The average Bonchev–Trinajstić information content (AvgIpc) is 2.73. The molecule has 2 rings (SSSR count). The molecule has 0 aromatic heterocycles. The van der Waals surface area contributed by atoms with Crippen LogP contribution < -0.4 is 5.73 Å². The summed E-state index contributed by atoms with van der Waals surface area (Å²) in [5.74, 6) is 1.15. The first-order valence-electron chi connectivity index (χ1n) is 7.54. The maximum absolute atomic E-state index is 11.7. The molecule has 1 aliphatic carbocycles. The molecule has 0 bridgehead atoms. The third kappa shape index (κ3) is 3.25. The lowest BCUT2D eigenvalue weighted by Gasteiger charge is -2.26. The smallest absolute Gasteiger partial charge is 0.309 e. The van der Waals surface area contributed by atoms with Crippen LogP contribution in [0.5, 0.6) is 0 Å². The van der Waals surface area contributed by atoms with E-state index in [0.717, 1.165) is 18.8 Å². The fourth-order valence-corrected chi connectivity index (χ4v) is 3.40. The van der Waals surface area contributed by atoms with Crippen molar-refractivity contribution in [2.45, 2.75) is 70.9 Å². The van der Waals surface area contributed by atoms with Crippen LogP contribution in [0.25, 0.3) is 0 Å². The van der Waals surface area contributed by atoms with Crippen molar-refractivity contribution in [2.75, 3.05) is 0 Å². The summed E-state index contributed by atoms with van der Waals surface area (Å²) in [5, 5.41) is 0. The van der Waals surface area contributed by atoms with Crippen LogP contribution in [0, 0.1) is 17.8 Å². The molecule has 0 unspecified atom stereocenters. The van der Waals surface area contributed by atoms with Gasteiger partial charge in [0.05, 0.1) is 5.92 Å². The van der Waals surface area contributed by atoms with Crippen molar-refractivity contribution in [1.82, 2.24) is 0 Å². The Balaban J connectivity index is 1.82. The van der Waals surface area contributed by atoms with E-state index >= 15 is 0 Å². The second-order valence-electron chi connectivity index (χ2n) is 6.47. The molecular formula is C15H27NO2. The van der Waals surface area contributed by atoms with Crippen LogP contribution in [-0.4, -0.2) is 18.1 Å². The van der Waals surface area contributed by atoms with Gasteiger partial charge in [-0.15, -0.1) is 0 Å². The minimum atomic E-state index is -0.0353. The van der Waals surface area contributed by atoms with Crippen LogP contribution in [0.1, 0.15) is 58.8 Å². The molecule has 0 radical (unpaired) electrons. The number of ether oxygens (including phenoxy) is 1. The van der Waals surface area contributed by atoms with Crippen molar-refractivity contribution in [2.24, 2.45) is 23.5 Å². The lowest BCUT2D eigenvalue weighted by atomic mass is 9.82. The molecule has 2 aliphatic rings. The number of carbonyl (C=O) groups is 1. The van der Waals surface area contributed by atoms with Crippen molar-refractivity contribution in [3.8, 4) is 0 Å². The van der Waals surface area contributed by atoms with Crippen molar-refractivity contribution < 1.29 is 9.53 Å². The molecule has 104 valence electrons. The normalized spacial score (nSPS) is 31.7. The van der Waals surface area contributed by atoms with E-state index in [9.17, 15) is 4.79 Å². The number of nitrogens with two attached hydrogens (primary N) is 1. The van der Waals surface area contributed by atoms with E-state index in [1.807, 2.05) is 0 Å². The topological polar surface area (TPSA) is 52.3 Å². The number of hydrogen-bond donors (Lipinski definition) is 1. The van der Waals surface area contributed by atoms with Gasteiger partial charge in [0.1, 0.15) is 6.10 Å². The van der Waals surface area contributed by atoms with E-state index in [4.69, 9.17) is 10.5 Å². The fraction of sp³-hybridized carbons (Fsp3) is 0.933. The maximum Gasteiger partial charge on any atom is 0.309 e. The van der Waals surface area contributed by atoms with Crippen molar-refractivity contribution in [3.05, 3.63) is 0 Å². The summed E-state index contributed by atoms with van der Waals surface area (Å²) in [4.78, 5) is 11.7. The third-order valence-corrected chi connectivity index (χ3v) is 4.67. The first kappa shape index (κ1) is 13.9. The molecule has 18 heavy (non-hydrogen) atoms. The maximum atomic E-state index is 11.7. The van der Waals surface area contributed by atoms with Gasteiger partial charge in [0.25, 0.3) is 0 Å². The summed E-state index contributed by atoms with van der Waals surface area (Å²) < 4.78 is 5.47. The van der Waals surface area contributed by atoms with Gasteiger partial charge in [-0.25, -0.2) is 0 Å². The first-order valence-corrected chi connectivity index (χ1v) is 7.54. The highest BCUT2D eigenvalue weighted by atomic mass is 16.6. The Bertz CT molecular complexity index is 284. The van der Waals surface area contributed by atoms with Crippen LogP contribution in [0.4, 0.5) is 0 Å². The third-order valence-electron chi connectivity index (χ3n) is 4.67. The quantitative estimate of drug-likeness (QED) is 0.784. The summed E-state index contributed by atoms with van der Waals surface area (Å²) in [5.41, 5.74) is 6.26. The highest BCUT2D eigenvalue weighted by Gasteiger charge is 2.39. The zero-order chi connectivity index (χ0) is 13.1. The van der Waals surface area contributed by atoms with Crippen molar-refractivity contribution >= 4 is 5.97 Å². The van der Waals surface area contributed by atoms with Gasteiger partial charge < -0.3 is 10.5 Å². The van der Waals surface area contributed by atoms with Crippen LogP contribution in [0.2, 0.25) is 0 Å². The Morgan fingerprint density at radius 1 is 1.28 bits per heavy atom. The van der Waals surface area contributed by atoms with Crippen molar-refractivity contribution in [3.63, 3.8) is 0 Å². The summed E-state index contributed by atoms with van der Waals surface area (Å²) >= 11 is 0. The average molecular weight is 253 g/mol. The van der Waals surface area contributed by atoms with E-state index < -0.39 is 0 Å². The highest BCUT2D eigenvalue weighted by Crippen LogP contribution is 2.33. The molecule has 1 saturated heterocycles. The molecule has 1 saturated carbocycles. The van der Waals surface area contributed by atoms with Crippen LogP contribution >= 0.6 is 0 Å². The van der Waals surface area contributed by atoms with Crippen LogP contribution in [-0.2, 0) is 9.53 Å². The zero-order valence-corrected chi connectivity index (χ0v) is 11.7. The molecule has 0 spiro atoms. The number of esters is 1. The molecule has 2 fully saturated rings. The largest absolute Gasteiger partial charge is 0.460 e. The monoisotopic (exact) mass is 253 g/mol. The minimum absolute atomic E-state index is 0.0332. The molecule has 3 atom stereocenters. The van der Waals surface area contributed by atoms with Gasteiger partial charge >= 0.3 is 5.97 Å². The fourth-order valence-electron chi connectivity index (χ4n) is 3.40.